The molecule has 1 aliphatic carbocycles. The molecular formula is C12H14BrN3. The molecule has 4 heteroatoms. The minimum absolute atomic E-state index is 0.106. The number of fused-ring (bicyclic) bond motifs is 1. The van der Waals surface area contributed by atoms with Crippen LogP contribution in [0.4, 0.5) is 0 Å². The first-order chi connectivity index (χ1) is 7.68. The molecule has 3 nitrogen and oxygen atoms in total. The third-order valence-electron chi connectivity index (χ3n) is 3.29. The molecule has 84 valence electrons. The fourth-order valence-electron chi connectivity index (χ4n) is 1.95. The average Bonchev–Trinajstić information content (AvgIpc) is 2.94. The Morgan fingerprint density at radius 1 is 1.44 bits per heavy atom. The van der Waals surface area contributed by atoms with Crippen molar-refractivity contribution in [2.45, 2.75) is 31.2 Å². The van der Waals surface area contributed by atoms with Crippen LogP contribution >= 0.6 is 15.9 Å². The smallest absolute Gasteiger partial charge is 0.137 e. The molecular weight excluding hydrogens is 266 g/mol. The summed E-state index contributed by atoms with van der Waals surface area (Å²) in [5, 5.41) is 0. The second kappa shape index (κ2) is 3.57. The average molecular weight is 280 g/mol. The lowest BCUT2D eigenvalue weighted by molar-refractivity contribution is 0.603. The van der Waals surface area contributed by atoms with E-state index in [0.29, 0.717) is 0 Å². The standard InChI is InChI=1S/C12H14BrN3/c13-11-9(4-5-12(14)6-7-12)15-10-3-1-2-8-16(10)11/h1-3,8H,4-7,14H2. The van der Waals surface area contributed by atoms with Gasteiger partial charge in [0.05, 0.1) is 5.69 Å². The number of pyridine rings is 1. The van der Waals surface area contributed by atoms with Gasteiger partial charge in [-0.3, -0.25) is 4.40 Å². The van der Waals surface area contributed by atoms with Crippen molar-refractivity contribution in [3.05, 3.63) is 34.7 Å². The van der Waals surface area contributed by atoms with E-state index in [9.17, 15) is 0 Å². The summed E-state index contributed by atoms with van der Waals surface area (Å²) in [7, 11) is 0. The van der Waals surface area contributed by atoms with Crippen LogP contribution < -0.4 is 5.73 Å². The number of hydrogen-bond donors (Lipinski definition) is 1. The summed E-state index contributed by atoms with van der Waals surface area (Å²) < 4.78 is 3.12. The van der Waals surface area contributed by atoms with Gasteiger partial charge in [-0.1, -0.05) is 6.07 Å². The van der Waals surface area contributed by atoms with E-state index in [-0.39, 0.29) is 5.54 Å². The van der Waals surface area contributed by atoms with Gasteiger partial charge in [0.2, 0.25) is 0 Å². The van der Waals surface area contributed by atoms with Crippen LogP contribution in [0.25, 0.3) is 5.65 Å². The number of aryl methyl sites for hydroxylation is 1. The van der Waals surface area contributed by atoms with Crippen LogP contribution in [0.5, 0.6) is 0 Å². The molecule has 0 amide bonds. The lowest BCUT2D eigenvalue weighted by atomic mass is 10.1. The predicted octanol–water partition coefficient (Wildman–Crippen LogP) is 2.52. The highest BCUT2D eigenvalue weighted by molar-refractivity contribution is 9.10. The van der Waals surface area contributed by atoms with Crippen LogP contribution in [0.3, 0.4) is 0 Å². The molecule has 2 aromatic heterocycles. The number of halogens is 1. The molecule has 0 radical (unpaired) electrons. The maximum atomic E-state index is 6.09. The minimum atomic E-state index is 0.106. The van der Waals surface area contributed by atoms with E-state index in [1.807, 2.05) is 24.4 Å². The van der Waals surface area contributed by atoms with Gasteiger partial charge in [-0.15, -0.1) is 0 Å². The van der Waals surface area contributed by atoms with E-state index in [0.717, 1.165) is 41.6 Å². The van der Waals surface area contributed by atoms with Gasteiger partial charge in [0.15, 0.2) is 0 Å². The molecule has 2 N–H and O–H groups in total. The van der Waals surface area contributed by atoms with E-state index in [4.69, 9.17) is 5.73 Å². The molecule has 0 saturated heterocycles. The van der Waals surface area contributed by atoms with Gasteiger partial charge >= 0.3 is 0 Å². The summed E-state index contributed by atoms with van der Waals surface area (Å²) in [6.07, 6.45) is 6.34. The van der Waals surface area contributed by atoms with Crippen molar-refractivity contribution in [2.75, 3.05) is 0 Å². The zero-order valence-electron chi connectivity index (χ0n) is 8.99. The normalized spacial score (nSPS) is 17.9. The molecule has 0 atom stereocenters. The van der Waals surface area contributed by atoms with E-state index in [1.54, 1.807) is 0 Å². The molecule has 3 rings (SSSR count). The van der Waals surface area contributed by atoms with Crippen molar-refractivity contribution in [1.29, 1.82) is 0 Å². The minimum Gasteiger partial charge on any atom is -0.325 e. The molecule has 0 spiro atoms. The van der Waals surface area contributed by atoms with E-state index < -0.39 is 0 Å². The molecule has 0 aromatic carbocycles. The number of aromatic nitrogens is 2. The SMILES string of the molecule is NC1(CCc2nc3ccccn3c2Br)CC1. The Labute approximate surface area is 103 Å². The summed E-state index contributed by atoms with van der Waals surface area (Å²) in [5.41, 5.74) is 8.30. The van der Waals surface area contributed by atoms with Crippen LogP contribution in [0, 0.1) is 0 Å². The molecule has 2 heterocycles. The van der Waals surface area contributed by atoms with Gasteiger partial charge in [-0.2, -0.15) is 0 Å². The third-order valence-corrected chi connectivity index (χ3v) is 4.13. The third kappa shape index (κ3) is 1.76. The zero-order chi connectivity index (χ0) is 11.2. The first kappa shape index (κ1) is 10.3. The Kier molecular flexibility index (Phi) is 2.30. The van der Waals surface area contributed by atoms with Crippen LogP contribution in [-0.4, -0.2) is 14.9 Å². The van der Waals surface area contributed by atoms with Crippen molar-refractivity contribution in [2.24, 2.45) is 5.73 Å². The Morgan fingerprint density at radius 2 is 2.25 bits per heavy atom. The largest absolute Gasteiger partial charge is 0.325 e. The molecule has 1 saturated carbocycles. The molecule has 1 aliphatic rings. The van der Waals surface area contributed by atoms with Crippen LogP contribution in [0.15, 0.2) is 29.0 Å². The van der Waals surface area contributed by atoms with Gasteiger partial charge in [-0.05, 0) is 53.7 Å². The quantitative estimate of drug-likeness (QED) is 0.938. The number of imidazole rings is 1. The predicted molar refractivity (Wildman–Crippen MR) is 67.4 cm³/mol. The second-order valence-corrected chi connectivity index (χ2v) is 5.39. The first-order valence-electron chi connectivity index (χ1n) is 5.58. The zero-order valence-corrected chi connectivity index (χ0v) is 10.6. The summed E-state index contributed by atoms with van der Waals surface area (Å²) in [6, 6.07) is 6.03. The fraction of sp³-hybridized carbons (Fsp3) is 0.417. The molecule has 2 aromatic rings. The fourth-order valence-corrected chi connectivity index (χ4v) is 2.54. The number of hydrogen-bond acceptors (Lipinski definition) is 2. The maximum absolute atomic E-state index is 6.09. The molecule has 16 heavy (non-hydrogen) atoms. The van der Waals surface area contributed by atoms with Crippen molar-refractivity contribution < 1.29 is 0 Å². The summed E-state index contributed by atoms with van der Waals surface area (Å²) in [6.45, 7) is 0. The molecule has 0 aliphatic heterocycles. The van der Waals surface area contributed by atoms with Crippen molar-refractivity contribution in [3.8, 4) is 0 Å². The van der Waals surface area contributed by atoms with Crippen LogP contribution in [0.2, 0.25) is 0 Å². The Balaban J connectivity index is 1.88. The van der Waals surface area contributed by atoms with Crippen molar-refractivity contribution >= 4 is 21.6 Å². The Morgan fingerprint density at radius 3 is 2.94 bits per heavy atom. The Hall–Kier alpha value is -0.870. The summed E-state index contributed by atoms with van der Waals surface area (Å²) in [4.78, 5) is 4.60. The van der Waals surface area contributed by atoms with E-state index >= 15 is 0 Å². The number of nitrogens with two attached hydrogens (primary N) is 1. The van der Waals surface area contributed by atoms with E-state index in [2.05, 4.69) is 25.3 Å². The summed E-state index contributed by atoms with van der Waals surface area (Å²) in [5.74, 6) is 0. The topological polar surface area (TPSA) is 43.3 Å². The van der Waals surface area contributed by atoms with E-state index in [1.165, 1.54) is 0 Å². The Bertz CT molecular complexity index is 528. The van der Waals surface area contributed by atoms with Gasteiger partial charge in [0.1, 0.15) is 10.3 Å². The van der Waals surface area contributed by atoms with Gasteiger partial charge in [0, 0.05) is 11.7 Å². The van der Waals surface area contributed by atoms with Crippen LogP contribution in [0.1, 0.15) is 25.0 Å². The monoisotopic (exact) mass is 279 g/mol. The first-order valence-corrected chi connectivity index (χ1v) is 6.38. The second-order valence-electron chi connectivity index (χ2n) is 4.64. The van der Waals surface area contributed by atoms with Crippen LogP contribution in [-0.2, 0) is 6.42 Å². The lowest BCUT2D eigenvalue weighted by Crippen LogP contribution is -2.22. The van der Waals surface area contributed by atoms with Gasteiger partial charge in [0.25, 0.3) is 0 Å². The maximum Gasteiger partial charge on any atom is 0.137 e. The van der Waals surface area contributed by atoms with Crippen molar-refractivity contribution in [3.63, 3.8) is 0 Å². The highest BCUT2D eigenvalue weighted by atomic mass is 79.9. The molecule has 0 bridgehead atoms. The molecule has 0 unspecified atom stereocenters. The molecule has 1 fully saturated rings. The van der Waals surface area contributed by atoms with Gasteiger partial charge in [-0.25, -0.2) is 4.98 Å². The lowest BCUT2D eigenvalue weighted by Gasteiger charge is -2.05. The summed E-state index contributed by atoms with van der Waals surface area (Å²) >= 11 is 3.60. The highest BCUT2D eigenvalue weighted by Crippen LogP contribution is 2.37. The van der Waals surface area contributed by atoms with Crippen molar-refractivity contribution in [1.82, 2.24) is 9.38 Å². The number of nitrogens with zero attached hydrogens (tertiary/aromatic N) is 2. The number of rotatable bonds is 3. The highest BCUT2D eigenvalue weighted by Gasteiger charge is 2.37. The van der Waals surface area contributed by atoms with Gasteiger partial charge < -0.3 is 5.73 Å².